The summed E-state index contributed by atoms with van der Waals surface area (Å²) in [5, 5.41) is 4.20. The van der Waals surface area contributed by atoms with E-state index in [0.29, 0.717) is 13.2 Å². The van der Waals surface area contributed by atoms with Gasteiger partial charge < -0.3 is 14.4 Å². The molecule has 0 radical (unpaired) electrons. The molecule has 1 amide bonds. The Morgan fingerprint density at radius 2 is 2.00 bits per heavy atom. The molecule has 1 unspecified atom stereocenters. The third-order valence-electron chi connectivity index (χ3n) is 2.70. The molecule has 0 aromatic rings. The van der Waals surface area contributed by atoms with E-state index in [-0.39, 0.29) is 25.4 Å². The molecular weight excluding hydrogens is 236 g/mol. The van der Waals surface area contributed by atoms with Gasteiger partial charge in [0.25, 0.3) is 0 Å². The number of hydrogen-bond donors (Lipinski definition) is 1. The summed E-state index contributed by atoms with van der Waals surface area (Å²) in [6.07, 6.45) is -0.492. The Morgan fingerprint density at radius 3 is 2.50 bits per heavy atom. The Hall–Kier alpha value is -0.700. The third-order valence-corrected chi connectivity index (χ3v) is 3.95. The molecule has 7 nitrogen and oxygen atoms in total. The molecule has 2 aliphatic heterocycles. The highest BCUT2D eigenvalue weighted by molar-refractivity contribution is 7.89. The molecule has 2 rings (SSSR count). The molecule has 8 heteroatoms. The van der Waals surface area contributed by atoms with Crippen LogP contribution in [0.5, 0.6) is 0 Å². The summed E-state index contributed by atoms with van der Waals surface area (Å²) in [5.74, 6) is -0.224. The standard InChI is InChI=1S/C8H14N2O5S/c9-16(12,13)6-3-7(11)10(4-6)5-8-14-1-2-15-8/h6,8H,1-5H2,(H2,9,12,13). The number of carbonyl (C=O) groups is 1. The molecule has 1 atom stereocenters. The van der Waals surface area contributed by atoms with E-state index >= 15 is 0 Å². The van der Waals surface area contributed by atoms with Crippen molar-refractivity contribution in [2.75, 3.05) is 26.3 Å². The third kappa shape index (κ3) is 2.51. The van der Waals surface area contributed by atoms with Gasteiger partial charge in [-0.05, 0) is 0 Å². The van der Waals surface area contributed by atoms with Crippen molar-refractivity contribution in [3.8, 4) is 0 Å². The van der Waals surface area contributed by atoms with E-state index < -0.39 is 21.6 Å². The normalized spacial score (nSPS) is 27.9. The molecule has 2 heterocycles. The zero-order valence-corrected chi connectivity index (χ0v) is 9.48. The quantitative estimate of drug-likeness (QED) is 0.640. The molecule has 0 bridgehead atoms. The van der Waals surface area contributed by atoms with E-state index in [0.717, 1.165) is 0 Å². The lowest BCUT2D eigenvalue weighted by molar-refractivity contribution is -0.133. The molecule has 2 fully saturated rings. The Balaban J connectivity index is 1.94. The summed E-state index contributed by atoms with van der Waals surface area (Å²) in [6, 6.07) is 0. The first-order chi connectivity index (χ1) is 7.47. The van der Waals surface area contributed by atoms with Gasteiger partial charge in [-0.3, -0.25) is 4.79 Å². The maximum Gasteiger partial charge on any atom is 0.224 e. The first kappa shape index (κ1) is 11.8. The highest BCUT2D eigenvalue weighted by Gasteiger charge is 2.37. The van der Waals surface area contributed by atoms with Crippen molar-refractivity contribution in [1.82, 2.24) is 4.90 Å². The zero-order valence-electron chi connectivity index (χ0n) is 8.66. The van der Waals surface area contributed by atoms with Crippen LogP contribution in [-0.4, -0.2) is 57.1 Å². The van der Waals surface area contributed by atoms with Crippen molar-refractivity contribution in [3.05, 3.63) is 0 Å². The number of nitrogens with two attached hydrogens (primary N) is 1. The Kier molecular flexibility index (Phi) is 3.15. The second-order valence-corrected chi connectivity index (χ2v) is 5.73. The van der Waals surface area contributed by atoms with Crippen LogP contribution in [-0.2, 0) is 24.3 Å². The summed E-state index contributed by atoms with van der Waals surface area (Å²) < 4.78 is 32.6. The van der Waals surface area contributed by atoms with E-state index in [4.69, 9.17) is 14.6 Å². The van der Waals surface area contributed by atoms with E-state index in [2.05, 4.69) is 0 Å². The highest BCUT2D eigenvalue weighted by atomic mass is 32.2. The predicted molar refractivity (Wildman–Crippen MR) is 53.8 cm³/mol. The van der Waals surface area contributed by atoms with Crippen molar-refractivity contribution in [3.63, 3.8) is 0 Å². The number of hydrogen-bond acceptors (Lipinski definition) is 5. The summed E-state index contributed by atoms with van der Waals surface area (Å²) in [7, 11) is -3.65. The lowest BCUT2D eigenvalue weighted by Crippen LogP contribution is -2.36. The maximum atomic E-state index is 11.5. The first-order valence-electron chi connectivity index (χ1n) is 4.99. The van der Waals surface area contributed by atoms with Crippen LogP contribution in [0.1, 0.15) is 6.42 Å². The Bertz CT molecular complexity index is 376. The minimum Gasteiger partial charge on any atom is -0.348 e. The number of carbonyl (C=O) groups excluding carboxylic acids is 1. The minimum atomic E-state index is -3.65. The topological polar surface area (TPSA) is 98.9 Å². The molecule has 16 heavy (non-hydrogen) atoms. The molecule has 2 saturated heterocycles. The monoisotopic (exact) mass is 250 g/mol. The van der Waals surface area contributed by atoms with Crippen LogP contribution in [0.2, 0.25) is 0 Å². The summed E-state index contributed by atoms with van der Waals surface area (Å²) in [5.41, 5.74) is 0. The number of likely N-dealkylation sites (tertiary alicyclic amines) is 1. The van der Waals surface area contributed by atoms with Crippen molar-refractivity contribution in [1.29, 1.82) is 0 Å². The van der Waals surface area contributed by atoms with Crippen LogP contribution >= 0.6 is 0 Å². The van der Waals surface area contributed by atoms with E-state index in [1.807, 2.05) is 0 Å². The van der Waals surface area contributed by atoms with Crippen LogP contribution in [0, 0.1) is 0 Å². The molecule has 0 saturated carbocycles. The number of ether oxygens (including phenoxy) is 2. The van der Waals surface area contributed by atoms with Crippen molar-refractivity contribution in [2.45, 2.75) is 18.0 Å². The van der Waals surface area contributed by atoms with Crippen molar-refractivity contribution < 1.29 is 22.7 Å². The zero-order chi connectivity index (χ0) is 11.8. The number of nitrogens with zero attached hydrogens (tertiary/aromatic N) is 1. The lowest BCUT2D eigenvalue weighted by atomic mass is 10.4. The maximum absolute atomic E-state index is 11.5. The smallest absolute Gasteiger partial charge is 0.224 e. The molecule has 0 aromatic carbocycles. The van der Waals surface area contributed by atoms with Gasteiger partial charge in [-0.1, -0.05) is 0 Å². The van der Waals surface area contributed by atoms with Crippen LogP contribution in [0.4, 0.5) is 0 Å². The minimum absolute atomic E-state index is 0.0500. The lowest BCUT2D eigenvalue weighted by Gasteiger charge is -2.19. The van der Waals surface area contributed by atoms with Crippen LogP contribution in [0.3, 0.4) is 0 Å². The largest absolute Gasteiger partial charge is 0.348 e. The van der Waals surface area contributed by atoms with E-state index in [1.165, 1.54) is 4.90 Å². The number of amides is 1. The molecular formula is C8H14N2O5S. The van der Waals surface area contributed by atoms with Gasteiger partial charge in [0, 0.05) is 13.0 Å². The van der Waals surface area contributed by atoms with Crippen molar-refractivity contribution >= 4 is 15.9 Å². The van der Waals surface area contributed by atoms with Gasteiger partial charge in [0.05, 0.1) is 19.8 Å². The van der Waals surface area contributed by atoms with Gasteiger partial charge >= 0.3 is 0 Å². The average Bonchev–Trinajstić information content (AvgIpc) is 2.76. The number of primary sulfonamides is 1. The molecule has 92 valence electrons. The summed E-state index contributed by atoms with van der Waals surface area (Å²) in [4.78, 5) is 12.9. The van der Waals surface area contributed by atoms with Gasteiger partial charge in [-0.2, -0.15) is 0 Å². The fourth-order valence-electron chi connectivity index (χ4n) is 1.83. The molecule has 0 aliphatic carbocycles. The van der Waals surface area contributed by atoms with Gasteiger partial charge in [0.15, 0.2) is 6.29 Å². The van der Waals surface area contributed by atoms with Crippen LogP contribution < -0.4 is 5.14 Å². The van der Waals surface area contributed by atoms with E-state index in [9.17, 15) is 13.2 Å². The molecule has 2 aliphatic rings. The number of rotatable bonds is 3. The fraction of sp³-hybridized carbons (Fsp3) is 0.875. The van der Waals surface area contributed by atoms with Crippen LogP contribution in [0.25, 0.3) is 0 Å². The molecule has 0 spiro atoms. The second kappa shape index (κ2) is 4.28. The highest BCUT2D eigenvalue weighted by Crippen LogP contribution is 2.18. The SMILES string of the molecule is NS(=O)(=O)C1CC(=O)N(CC2OCCO2)C1. The Labute approximate surface area is 93.5 Å². The van der Waals surface area contributed by atoms with Gasteiger partial charge in [-0.25, -0.2) is 13.6 Å². The second-order valence-electron chi connectivity index (χ2n) is 3.89. The van der Waals surface area contributed by atoms with Gasteiger partial charge in [-0.15, -0.1) is 0 Å². The van der Waals surface area contributed by atoms with Crippen LogP contribution in [0.15, 0.2) is 0 Å². The van der Waals surface area contributed by atoms with Gasteiger partial charge in [0.2, 0.25) is 15.9 Å². The molecule has 2 N–H and O–H groups in total. The Morgan fingerprint density at radius 1 is 1.38 bits per heavy atom. The van der Waals surface area contributed by atoms with Crippen molar-refractivity contribution in [2.24, 2.45) is 5.14 Å². The van der Waals surface area contributed by atoms with Gasteiger partial charge in [0.1, 0.15) is 5.25 Å². The number of sulfonamides is 1. The first-order valence-corrected chi connectivity index (χ1v) is 6.60. The summed E-state index contributed by atoms with van der Waals surface area (Å²) in [6.45, 7) is 1.41. The molecule has 0 aromatic heterocycles. The van der Waals surface area contributed by atoms with E-state index in [1.54, 1.807) is 0 Å². The average molecular weight is 250 g/mol. The fourth-order valence-corrected chi connectivity index (χ4v) is 2.59. The summed E-state index contributed by atoms with van der Waals surface area (Å²) >= 11 is 0. The predicted octanol–water partition coefficient (Wildman–Crippen LogP) is -1.75.